The molecule has 0 fully saturated rings. The third-order valence-electron chi connectivity index (χ3n) is 4.03. The number of fused-ring (bicyclic) bond motifs is 1. The predicted molar refractivity (Wildman–Crippen MR) is 82.6 cm³/mol. The molecule has 2 atom stereocenters. The highest BCUT2D eigenvalue weighted by Gasteiger charge is 2.37. The lowest BCUT2D eigenvalue weighted by Gasteiger charge is -2.40. The zero-order valence-corrected chi connectivity index (χ0v) is 13.2. The van der Waals surface area contributed by atoms with Gasteiger partial charge in [-0.05, 0) is 38.4 Å². The third kappa shape index (κ3) is 3.09. The predicted octanol–water partition coefficient (Wildman–Crippen LogP) is 4.08. The molecule has 3 heteroatoms. The van der Waals surface area contributed by atoms with E-state index in [1.165, 1.54) is 5.56 Å². The van der Waals surface area contributed by atoms with Gasteiger partial charge in [0.15, 0.2) is 0 Å². The van der Waals surface area contributed by atoms with Gasteiger partial charge in [-0.1, -0.05) is 26.8 Å². The maximum absolute atomic E-state index is 6.25. The van der Waals surface area contributed by atoms with Crippen LogP contribution in [-0.2, 0) is 0 Å². The number of benzene rings is 1. The molecule has 2 unspecified atom stereocenters. The van der Waals surface area contributed by atoms with Crippen molar-refractivity contribution in [2.45, 2.75) is 58.6 Å². The van der Waals surface area contributed by atoms with Gasteiger partial charge in [-0.2, -0.15) is 0 Å². The molecule has 0 saturated heterocycles. The molecule has 1 N–H and O–H groups in total. The van der Waals surface area contributed by atoms with Gasteiger partial charge in [-0.15, -0.1) is 0 Å². The number of hydrogen-bond acceptors (Lipinski definition) is 3. The first kappa shape index (κ1) is 15.2. The Bertz CT molecular complexity index is 447. The second-order valence-corrected chi connectivity index (χ2v) is 5.74. The van der Waals surface area contributed by atoms with Gasteiger partial charge >= 0.3 is 0 Å². The fourth-order valence-corrected chi connectivity index (χ4v) is 2.77. The number of hydrogen-bond donors (Lipinski definition) is 1. The molecule has 0 saturated carbocycles. The number of rotatable bonds is 6. The van der Waals surface area contributed by atoms with Crippen molar-refractivity contribution < 1.29 is 9.47 Å². The van der Waals surface area contributed by atoms with E-state index < -0.39 is 0 Å². The van der Waals surface area contributed by atoms with Crippen LogP contribution >= 0.6 is 0 Å². The number of nitrogens with one attached hydrogen (secondary N) is 1. The molecule has 0 bridgehead atoms. The Morgan fingerprint density at radius 2 is 2.15 bits per heavy atom. The van der Waals surface area contributed by atoms with E-state index in [9.17, 15) is 0 Å². The van der Waals surface area contributed by atoms with Crippen LogP contribution in [0.2, 0.25) is 0 Å². The molecule has 0 aromatic heterocycles. The van der Waals surface area contributed by atoms with Gasteiger partial charge in [0.2, 0.25) is 0 Å². The maximum atomic E-state index is 6.25. The van der Waals surface area contributed by atoms with Crippen LogP contribution < -0.4 is 14.8 Å². The van der Waals surface area contributed by atoms with Crippen molar-refractivity contribution in [2.24, 2.45) is 0 Å². The lowest BCUT2D eigenvalue weighted by Crippen LogP contribution is -2.41. The SMILES string of the molecule is CCCOc1cccc2c1C(NCC)CC(C)(CC)O2. The van der Waals surface area contributed by atoms with E-state index in [1.54, 1.807) is 0 Å². The van der Waals surface area contributed by atoms with Crippen molar-refractivity contribution in [1.82, 2.24) is 5.32 Å². The summed E-state index contributed by atoms with van der Waals surface area (Å²) in [7, 11) is 0. The summed E-state index contributed by atoms with van der Waals surface area (Å²) in [5.41, 5.74) is 1.09. The summed E-state index contributed by atoms with van der Waals surface area (Å²) in [5, 5.41) is 3.59. The highest BCUT2D eigenvalue weighted by atomic mass is 16.5. The molecule has 1 aromatic rings. The molecule has 1 aliphatic heterocycles. The van der Waals surface area contributed by atoms with Crippen LogP contribution in [0.15, 0.2) is 18.2 Å². The topological polar surface area (TPSA) is 30.5 Å². The van der Waals surface area contributed by atoms with Crippen molar-refractivity contribution in [3.8, 4) is 11.5 Å². The summed E-state index contributed by atoms with van der Waals surface area (Å²) >= 11 is 0. The molecule has 0 aliphatic carbocycles. The van der Waals surface area contributed by atoms with Gasteiger partial charge in [-0.25, -0.2) is 0 Å². The van der Waals surface area contributed by atoms with E-state index in [2.05, 4.69) is 45.1 Å². The Kier molecular flexibility index (Phi) is 4.92. The van der Waals surface area contributed by atoms with Crippen molar-refractivity contribution >= 4 is 0 Å². The molecule has 3 nitrogen and oxygen atoms in total. The molecule has 1 heterocycles. The van der Waals surface area contributed by atoms with E-state index in [0.29, 0.717) is 6.04 Å². The third-order valence-corrected chi connectivity index (χ3v) is 4.03. The minimum absolute atomic E-state index is 0.0940. The first-order chi connectivity index (χ1) is 9.63. The summed E-state index contributed by atoms with van der Waals surface area (Å²) in [6, 6.07) is 6.44. The van der Waals surface area contributed by atoms with Crippen molar-refractivity contribution in [2.75, 3.05) is 13.2 Å². The molecule has 112 valence electrons. The van der Waals surface area contributed by atoms with Gasteiger partial charge in [-0.3, -0.25) is 0 Å². The minimum Gasteiger partial charge on any atom is -0.493 e. The summed E-state index contributed by atoms with van der Waals surface area (Å²) in [4.78, 5) is 0. The monoisotopic (exact) mass is 277 g/mol. The zero-order valence-electron chi connectivity index (χ0n) is 13.2. The summed E-state index contributed by atoms with van der Waals surface area (Å²) in [6.07, 6.45) is 3.01. The van der Waals surface area contributed by atoms with Crippen LogP contribution in [0.4, 0.5) is 0 Å². The molecule has 0 spiro atoms. The lowest BCUT2D eigenvalue weighted by molar-refractivity contribution is 0.0432. The van der Waals surface area contributed by atoms with Crippen molar-refractivity contribution in [1.29, 1.82) is 0 Å². The first-order valence-electron chi connectivity index (χ1n) is 7.81. The normalized spacial score (nSPS) is 24.9. The quantitative estimate of drug-likeness (QED) is 0.850. The van der Waals surface area contributed by atoms with Crippen molar-refractivity contribution in [3.63, 3.8) is 0 Å². The number of ether oxygens (including phenoxy) is 2. The van der Waals surface area contributed by atoms with Crippen LogP contribution in [0, 0.1) is 0 Å². The molecular weight excluding hydrogens is 250 g/mol. The Labute approximate surface area is 122 Å². The average Bonchev–Trinajstić information content (AvgIpc) is 2.45. The summed E-state index contributed by atoms with van der Waals surface area (Å²) < 4.78 is 12.2. The Hall–Kier alpha value is -1.22. The lowest BCUT2D eigenvalue weighted by atomic mass is 9.86. The van der Waals surface area contributed by atoms with E-state index in [1.807, 2.05) is 6.07 Å². The van der Waals surface area contributed by atoms with Gasteiger partial charge < -0.3 is 14.8 Å². The Morgan fingerprint density at radius 3 is 2.80 bits per heavy atom. The van der Waals surface area contributed by atoms with Gasteiger partial charge in [0.05, 0.1) is 12.2 Å². The average molecular weight is 277 g/mol. The minimum atomic E-state index is -0.0940. The van der Waals surface area contributed by atoms with E-state index in [4.69, 9.17) is 9.47 Å². The second kappa shape index (κ2) is 6.49. The van der Waals surface area contributed by atoms with Crippen molar-refractivity contribution in [3.05, 3.63) is 23.8 Å². The van der Waals surface area contributed by atoms with Crippen LogP contribution in [0.3, 0.4) is 0 Å². The molecule has 1 aromatic carbocycles. The van der Waals surface area contributed by atoms with Gasteiger partial charge in [0.1, 0.15) is 17.1 Å². The Morgan fingerprint density at radius 1 is 1.35 bits per heavy atom. The van der Waals surface area contributed by atoms with E-state index in [-0.39, 0.29) is 5.60 Å². The highest BCUT2D eigenvalue weighted by molar-refractivity contribution is 5.49. The maximum Gasteiger partial charge on any atom is 0.128 e. The van der Waals surface area contributed by atoms with Crippen LogP contribution in [0.5, 0.6) is 11.5 Å². The Balaban J connectivity index is 2.37. The second-order valence-electron chi connectivity index (χ2n) is 5.74. The summed E-state index contributed by atoms with van der Waals surface area (Å²) in [6.45, 7) is 10.4. The molecular formula is C17H27NO2. The highest BCUT2D eigenvalue weighted by Crippen LogP contribution is 2.45. The first-order valence-corrected chi connectivity index (χ1v) is 7.81. The molecule has 0 amide bonds. The smallest absolute Gasteiger partial charge is 0.128 e. The van der Waals surface area contributed by atoms with Crippen LogP contribution in [0.1, 0.15) is 58.6 Å². The molecule has 2 rings (SSSR count). The van der Waals surface area contributed by atoms with E-state index in [0.717, 1.165) is 43.9 Å². The summed E-state index contributed by atoms with van der Waals surface area (Å²) in [5.74, 6) is 1.94. The van der Waals surface area contributed by atoms with E-state index >= 15 is 0 Å². The zero-order chi connectivity index (χ0) is 14.6. The fourth-order valence-electron chi connectivity index (χ4n) is 2.77. The molecule has 0 radical (unpaired) electrons. The van der Waals surface area contributed by atoms with Crippen LogP contribution in [-0.4, -0.2) is 18.8 Å². The standard InChI is InChI=1S/C17H27NO2/c1-5-11-19-14-9-8-10-15-16(14)13(18-7-3)12-17(4,6-2)20-15/h8-10,13,18H,5-7,11-12H2,1-4H3. The van der Waals surface area contributed by atoms with Gasteiger partial charge in [0.25, 0.3) is 0 Å². The van der Waals surface area contributed by atoms with Crippen LogP contribution in [0.25, 0.3) is 0 Å². The van der Waals surface area contributed by atoms with Gasteiger partial charge in [0, 0.05) is 12.5 Å². The largest absolute Gasteiger partial charge is 0.493 e. The molecule has 1 aliphatic rings. The molecule has 20 heavy (non-hydrogen) atoms. The fraction of sp³-hybridized carbons (Fsp3) is 0.647.